The molecule has 0 unspecified atom stereocenters. The molecule has 0 atom stereocenters. The maximum Gasteiger partial charge on any atom is 0.213 e. The predicted molar refractivity (Wildman–Crippen MR) is 68.7 cm³/mol. The molecule has 0 radical (unpaired) electrons. The second-order valence-electron chi connectivity index (χ2n) is 4.42. The number of fused-ring (bicyclic) bond motifs is 1. The Balaban J connectivity index is 1.93. The second kappa shape index (κ2) is 4.76. The van der Waals surface area contributed by atoms with Gasteiger partial charge < -0.3 is 9.47 Å². The third kappa shape index (κ3) is 2.31. The number of carbonyl (C=O) groups is 1. The van der Waals surface area contributed by atoms with Crippen molar-refractivity contribution in [2.45, 2.75) is 6.42 Å². The zero-order valence-electron chi connectivity index (χ0n) is 10.6. The lowest BCUT2D eigenvalue weighted by atomic mass is 10.1. The molecule has 1 aromatic heterocycles. The van der Waals surface area contributed by atoms with E-state index in [2.05, 4.69) is 5.10 Å². The highest BCUT2D eigenvalue weighted by Crippen LogP contribution is 2.30. The van der Waals surface area contributed by atoms with Crippen LogP contribution in [0.4, 0.5) is 0 Å². The molecule has 98 valence electrons. The largest absolute Gasteiger partial charge is 0.490 e. The van der Waals surface area contributed by atoms with Crippen molar-refractivity contribution >= 4 is 5.78 Å². The predicted octanol–water partition coefficient (Wildman–Crippen LogP) is 1.81. The fourth-order valence-corrected chi connectivity index (χ4v) is 1.99. The summed E-state index contributed by atoms with van der Waals surface area (Å²) in [6.45, 7) is 1.24. The van der Waals surface area contributed by atoms with Crippen molar-refractivity contribution in [3.05, 3.63) is 41.7 Å². The van der Waals surface area contributed by atoms with Crippen LogP contribution in [0.3, 0.4) is 0 Å². The first kappa shape index (κ1) is 11.8. The number of carbonyl (C=O) groups excluding carboxylic acids is 1. The van der Waals surface area contributed by atoms with Crippen molar-refractivity contribution in [1.82, 2.24) is 9.78 Å². The maximum atomic E-state index is 12.3. The van der Waals surface area contributed by atoms with Gasteiger partial charge in [0.2, 0.25) is 5.78 Å². The first-order chi connectivity index (χ1) is 9.24. The average Bonchev–Trinajstić information content (AvgIpc) is 2.72. The molecule has 0 spiro atoms. The highest BCUT2D eigenvalue weighted by molar-refractivity contribution is 6.08. The maximum absolute atomic E-state index is 12.3. The molecule has 0 saturated carbocycles. The molecule has 19 heavy (non-hydrogen) atoms. The standard InChI is InChI=1S/C14H14N2O3/c1-16-6-5-11(15-16)14(17)10-3-4-12-13(9-10)19-8-2-7-18-12/h3-6,9H,2,7-8H2,1H3. The molecule has 1 aliphatic heterocycles. The van der Waals surface area contributed by atoms with Gasteiger partial charge in [-0.25, -0.2) is 0 Å². The van der Waals surface area contributed by atoms with E-state index in [0.717, 1.165) is 6.42 Å². The number of aromatic nitrogens is 2. The van der Waals surface area contributed by atoms with Crippen LogP contribution in [0.15, 0.2) is 30.5 Å². The molecule has 5 heteroatoms. The zero-order valence-corrected chi connectivity index (χ0v) is 10.6. The summed E-state index contributed by atoms with van der Waals surface area (Å²) in [6, 6.07) is 6.93. The Morgan fingerprint density at radius 1 is 1.21 bits per heavy atom. The smallest absolute Gasteiger partial charge is 0.213 e. The van der Waals surface area contributed by atoms with Crippen molar-refractivity contribution in [3.8, 4) is 11.5 Å². The van der Waals surface area contributed by atoms with Gasteiger partial charge in [-0.3, -0.25) is 9.48 Å². The van der Waals surface area contributed by atoms with E-state index in [0.29, 0.717) is 36.0 Å². The number of ether oxygens (including phenoxy) is 2. The third-order valence-electron chi connectivity index (χ3n) is 2.96. The third-order valence-corrected chi connectivity index (χ3v) is 2.96. The molecule has 0 aliphatic carbocycles. The number of benzene rings is 1. The van der Waals surface area contributed by atoms with E-state index in [4.69, 9.17) is 9.47 Å². The quantitative estimate of drug-likeness (QED) is 0.771. The first-order valence-electron chi connectivity index (χ1n) is 6.18. The molecule has 1 aliphatic rings. The van der Waals surface area contributed by atoms with Crippen molar-refractivity contribution in [2.24, 2.45) is 7.05 Å². The fraction of sp³-hybridized carbons (Fsp3) is 0.286. The van der Waals surface area contributed by atoms with Crippen LogP contribution < -0.4 is 9.47 Å². The Morgan fingerprint density at radius 3 is 2.74 bits per heavy atom. The van der Waals surface area contributed by atoms with Crippen LogP contribution in [0.2, 0.25) is 0 Å². The number of ketones is 1. The van der Waals surface area contributed by atoms with Gasteiger partial charge in [-0.1, -0.05) is 0 Å². The Hall–Kier alpha value is -2.30. The highest BCUT2D eigenvalue weighted by Gasteiger charge is 2.16. The Bertz CT molecular complexity index is 619. The summed E-state index contributed by atoms with van der Waals surface area (Å²) in [4.78, 5) is 12.3. The van der Waals surface area contributed by atoms with Crippen molar-refractivity contribution < 1.29 is 14.3 Å². The van der Waals surface area contributed by atoms with Crippen LogP contribution in [0, 0.1) is 0 Å². The number of aryl methyl sites for hydroxylation is 1. The van der Waals surface area contributed by atoms with Gasteiger partial charge in [-0.2, -0.15) is 5.10 Å². The Morgan fingerprint density at radius 2 is 2.00 bits per heavy atom. The highest BCUT2D eigenvalue weighted by atomic mass is 16.5. The van der Waals surface area contributed by atoms with Crippen LogP contribution in [-0.4, -0.2) is 28.8 Å². The molecule has 0 bridgehead atoms. The molecule has 2 aromatic rings. The summed E-state index contributed by atoms with van der Waals surface area (Å²) < 4.78 is 12.7. The van der Waals surface area contributed by atoms with Gasteiger partial charge in [0.15, 0.2) is 11.5 Å². The molecule has 2 heterocycles. The molecule has 0 amide bonds. The molecule has 0 saturated heterocycles. The van der Waals surface area contributed by atoms with E-state index in [-0.39, 0.29) is 5.78 Å². The lowest BCUT2D eigenvalue weighted by Crippen LogP contribution is -2.04. The van der Waals surface area contributed by atoms with Crippen molar-refractivity contribution in [1.29, 1.82) is 0 Å². The minimum atomic E-state index is -0.115. The lowest BCUT2D eigenvalue weighted by Gasteiger charge is -2.08. The molecule has 5 nitrogen and oxygen atoms in total. The molecular formula is C14H14N2O3. The average molecular weight is 258 g/mol. The minimum absolute atomic E-state index is 0.115. The Kier molecular flexibility index (Phi) is 2.95. The van der Waals surface area contributed by atoms with Gasteiger partial charge in [-0.15, -0.1) is 0 Å². The molecule has 1 aromatic carbocycles. The van der Waals surface area contributed by atoms with Gasteiger partial charge in [0.25, 0.3) is 0 Å². The van der Waals surface area contributed by atoms with Crippen molar-refractivity contribution in [3.63, 3.8) is 0 Å². The zero-order chi connectivity index (χ0) is 13.2. The van der Waals surface area contributed by atoms with Gasteiger partial charge in [-0.05, 0) is 24.3 Å². The van der Waals surface area contributed by atoms with Crippen LogP contribution in [0.5, 0.6) is 11.5 Å². The van der Waals surface area contributed by atoms with E-state index in [9.17, 15) is 4.79 Å². The molecule has 3 rings (SSSR count). The summed E-state index contributed by atoms with van der Waals surface area (Å²) in [5.74, 6) is 1.20. The second-order valence-corrected chi connectivity index (χ2v) is 4.42. The summed E-state index contributed by atoms with van der Waals surface area (Å²) in [5, 5.41) is 4.11. The summed E-state index contributed by atoms with van der Waals surface area (Å²) in [6.07, 6.45) is 2.59. The van der Waals surface area contributed by atoms with Gasteiger partial charge in [0.05, 0.1) is 13.2 Å². The van der Waals surface area contributed by atoms with Crippen LogP contribution in [-0.2, 0) is 7.05 Å². The van der Waals surface area contributed by atoms with E-state index < -0.39 is 0 Å². The monoisotopic (exact) mass is 258 g/mol. The number of rotatable bonds is 2. The van der Waals surface area contributed by atoms with Crippen LogP contribution >= 0.6 is 0 Å². The lowest BCUT2D eigenvalue weighted by molar-refractivity contribution is 0.103. The minimum Gasteiger partial charge on any atom is -0.490 e. The van der Waals surface area contributed by atoms with E-state index >= 15 is 0 Å². The summed E-state index contributed by atoms with van der Waals surface area (Å²) in [7, 11) is 1.78. The number of hydrogen-bond acceptors (Lipinski definition) is 4. The SMILES string of the molecule is Cn1ccc(C(=O)c2ccc3c(c2)OCCCO3)n1. The van der Waals surface area contributed by atoms with E-state index in [1.165, 1.54) is 0 Å². The number of nitrogens with zero attached hydrogens (tertiary/aromatic N) is 2. The van der Waals surface area contributed by atoms with Crippen LogP contribution in [0.25, 0.3) is 0 Å². The van der Waals surface area contributed by atoms with Gasteiger partial charge >= 0.3 is 0 Å². The first-order valence-corrected chi connectivity index (χ1v) is 6.18. The normalized spacial score (nSPS) is 13.9. The van der Waals surface area contributed by atoms with E-state index in [1.807, 2.05) is 0 Å². The fourth-order valence-electron chi connectivity index (χ4n) is 1.99. The summed E-state index contributed by atoms with van der Waals surface area (Å²) >= 11 is 0. The van der Waals surface area contributed by atoms with Crippen molar-refractivity contribution in [2.75, 3.05) is 13.2 Å². The van der Waals surface area contributed by atoms with Gasteiger partial charge in [0, 0.05) is 25.2 Å². The van der Waals surface area contributed by atoms with Crippen LogP contribution in [0.1, 0.15) is 22.5 Å². The van der Waals surface area contributed by atoms with Gasteiger partial charge in [0.1, 0.15) is 5.69 Å². The van der Waals surface area contributed by atoms with E-state index in [1.54, 1.807) is 42.2 Å². The molecule has 0 N–H and O–H groups in total. The molecule has 0 fully saturated rings. The Labute approximate surface area is 110 Å². The summed E-state index contributed by atoms with van der Waals surface area (Å²) in [5.41, 5.74) is 0.986. The topological polar surface area (TPSA) is 53.4 Å². The number of hydrogen-bond donors (Lipinski definition) is 0. The molecular weight excluding hydrogens is 244 g/mol.